The summed E-state index contributed by atoms with van der Waals surface area (Å²) in [5, 5.41) is 7.53. The van der Waals surface area contributed by atoms with Gasteiger partial charge in [-0.25, -0.2) is 0 Å². The number of hydrogen-bond donors (Lipinski definition) is 0. The topological polar surface area (TPSA) is 28.1 Å². The van der Waals surface area contributed by atoms with Crippen molar-refractivity contribution in [1.29, 1.82) is 0 Å². The Kier molecular flexibility index (Phi) is 6.31. The second kappa shape index (κ2) is 8.88. The molecule has 4 nitrogen and oxygen atoms in total. The SMILES string of the molecule is CCOc1ccc(/C=N\N2CCN(Cc3ccc(Cl)cc3)CC2)cc1. The van der Waals surface area contributed by atoms with Gasteiger partial charge in [-0.2, -0.15) is 5.10 Å². The third-order valence-corrected chi connectivity index (χ3v) is 4.48. The van der Waals surface area contributed by atoms with Crippen LogP contribution in [-0.4, -0.2) is 48.9 Å². The Labute approximate surface area is 154 Å². The molecule has 5 heteroatoms. The minimum absolute atomic E-state index is 0.688. The summed E-state index contributed by atoms with van der Waals surface area (Å²) in [6.45, 7) is 7.57. The van der Waals surface area contributed by atoms with E-state index >= 15 is 0 Å². The third-order valence-electron chi connectivity index (χ3n) is 4.23. The third kappa shape index (κ3) is 5.48. The van der Waals surface area contributed by atoms with Gasteiger partial charge in [0.25, 0.3) is 0 Å². The first kappa shape index (κ1) is 17.8. The first-order chi connectivity index (χ1) is 12.2. The summed E-state index contributed by atoms with van der Waals surface area (Å²) in [5.41, 5.74) is 2.39. The van der Waals surface area contributed by atoms with Gasteiger partial charge in [0.05, 0.1) is 12.8 Å². The Morgan fingerprint density at radius 3 is 2.32 bits per heavy atom. The summed E-state index contributed by atoms with van der Waals surface area (Å²) >= 11 is 5.94. The molecule has 0 radical (unpaired) electrons. The quantitative estimate of drug-likeness (QED) is 0.734. The lowest BCUT2D eigenvalue weighted by Gasteiger charge is -2.33. The van der Waals surface area contributed by atoms with Gasteiger partial charge >= 0.3 is 0 Å². The highest BCUT2D eigenvalue weighted by Gasteiger charge is 2.15. The zero-order valence-electron chi connectivity index (χ0n) is 14.6. The summed E-state index contributed by atoms with van der Waals surface area (Å²) in [4.78, 5) is 2.45. The first-order valence-corrected chi connectivity index (χ1v) is 9.09. The molecular formula is C20H24ClN3O. The van der Waals surface area contributed by atoms with Crippen molar-refractivity contribution >= 4 is 17.8 Å². The Hall–Kier alpha value is -2.04. The van der Waals surface area contributed by atoms with E-state index in [1.54, 1.807) is 0 Å². The van der Waals surface area contributed by atoms with E-state index in [-0.39, 0.29) is 0 Å². The van der Waals surface area contributed by atoms with E-state index in [4.69, 9.17) is 16.3 Å². The molecule has 1 aliphatic heterocycles. The van der Waals surface area contributed by atoms with Crippen LogP contribution in [0.5, 0.6) is 5.75 Å². The van der Waals surface area contributed by atoms with E-state index < -0.39 is 0 Å². The average molecular weight is 358 g/mol. The van der Waals surface area contributed by atoms with Crippen LogP contribution in [0.3, 0.4) is 0 Å². The maximum atomic E-state index is 5.94. The van der Waals surface area contributed by atoms with Gasteiger partial charge in [-0.1, -0.05) is 23.7 Å². The molecule has 0 unspecified atom stereocenters. The molecule has 2 aromatic carbocycles. The molecule has 0 bridgehead atoms. The van der Waals surface area contributed by atoms with Crippen molar-refractivity contribution in [1.82, 2.24) is 9.91 Å². The van der Waals surface area contributed by atoms with E-state index in [1.165, 1.54) is 5.56 Å². The molecule has 25 heavy (non-hydrogen) atoms. The maximum absolute atomic E-state index is 5.94. The molecule has 0 atom stereocenters. The average Bonchev–Trinajstić information content (AvgIpc) is 2.64. The van der Waals surface area contributed by atoms with Gasteiger partial charge in [0.15, 0.2) is 0 Å². The number of rotatable bonds is 6. The van der Waals surface area contributed by atoms with Gasteiger partial charge < -0.3 is 4.74 Å². The van der Waals surface area contributed by atoms with E-state index in [0.29, 0.717) is 6.61 Å². The molecule has 0 spiro atoms. The van der Waals surface area contributed by atoms with Gasteiger partial charge in [0.2, 0.25) is 0 Å². The van der Waals surface area contributed by atoms with Gasteiger partial charge in [-0.15, -0.1) is 0 Å². The minimum Gasteiger partial charge on any atom is -0.494 e. The summed E-state index contributed by atoms with van der Waals surface area (Å²) in [6.07, 6.45) is 1.92. The molecular weight excluding hydrogens is 334 g/mol. The molecule has 1 saturated heterocycles. The second-order valence-corrected chi connectivity index (χ2v) is 6.54. The van der Waals surface area contributed by atoms with Crippen molar-refractivity contribution in [3.63, 3.8) is 0 Å². The molecule has 132 valence electrons. The van der Waals surface area contributed by atoms with Gasteiger partial charge in [-0.05, 0) is 54.4 Å². The molecule has 0 aliphatic carbocycles. The molecule has 0 amide bonds. The number of hydrogen-bond acceptors (Lipinski definition) is 4. The molecule has 1 fully saturated rings. The highest BCUT2D eigenvalue weighted by atomic mass is 35.5. The lowest BCUT2D eigenvalue weighted by Crippen LogP contribution is -2.43. The van der Waals surface area contributed by atoms with Crippen LogP contribution in [0.25, 0.3) is 0 Å². The zero-order chi connectivity index (χ0) is 17.5. The van der Waals surface area contributed by atoms with E-state index in [2.05, 4.69) is 27.1 Å². The van der Waals surface area contributed by atoms with Gasteiger partial charge in [0, 0.05) is 37.7 Å². The number of hydrazone groups is 1. The summed E-state index contributed by atoms with van der Waals surface area (Å²) in [5.74, 6) is 0.899. The predicted molar refractivity (Wildman–Crippen MR) is 104 cm³/mol. The molecule has 0 aromatic heterocycles. The maximum Gasteiger partial charge on any atom is 0.119 e. The van der Waals surface area contributed by atoms with Crippen LogP contribution in [0.15, 0.2) is 53.6 Å². The van der Waals surface area contributed by atoms with Crippen molar-refractivity contribution in [3.8, 4) is 5.75 Å². The fourth-order valence-corrected chi connectivity index (χ4v) is 2.95. The molecule has 0 saturated carbocycles. The number of benzene rings is 2. The smallest absolute Gasteiger partial charge is 0.119 e. The van der Waals surface area contributed by atoms with Gasteiger partial charge in [0.1, 0.15) is 5.75 Å². The van der Waals surface area contributed by atoms with E-state index in [9.17, 15) is 0 Å². The number of halogens is 1. The number of ether oxygens (including phenoxy) is 1. The van der Waals surface area contributed by atoms with Crippen molar-refractivity contribution in [2.24, 2.45) is 5.10 Å². The lowest BCUT2D eigenvalue weighted by atomic mass is 10.2. The normalized spacial score (nSPS) is 15.7. The second-order valence-electron chi connectivity index (χ2n) is 6.10. The van der Waals surface area contributed by atoms with Crippen LogP contribution in [0.4, 0.5) is 0 Å². The van der Waals surface area contributed by atoms with Crippen molar-refractivity contribution in [2.75, 3.05) is 32.8 Å². The molecule has 3 rings (SSSR count). The van der Waals surface area contributed by atoms with Crippen molar-refractivity contribution in [2.45, 2.75) is 13.5 Å². The Bertz CT molecular complexity index is 677. The summed E-state index contributed by atoms with van der Waals surface area (Å²) in [7, 11) is 0. The standard InChI is InChI=1S/C20H24ClN3O/c1-2-25-20-9-5-17(6-10-20)15-22-24-13-11-23(12-14-24)16-18-3-7-19(21)8-4-18/h3-10,15H,2,11-14,16H2,1H3/b22-15-. The first-order valence-electron chi connectivity index (χ1n) is 8.71. The lowest BCUT2D eigenvalue weighted by molar-refractivity contribution is 0.131. The number of piperazine rings is 1. The van der Waals surface area contributed by atoms with Crippen LogP contribution in [0.1, 0.15) is 18.1 Å². The highest BCUT2D eigenvalue weighted by molar-refractivity contribution is 6.30. The summed E-state index contributed by atoms with van der Waals surface area (Å²) in [6, 6.07) is 16.1. The minimum atomic E-state index is 0.688. The van der Waals surface area contributed by atoms with E-state index in [0.717, 1.165) is 49.1 Å². The summed E-state index contributed by atoms with van der Waals surface area (Å²) < 4.78 is 5.45. The van der Waals surface area contributed by atoms with E-state index in [1.807, 2.05) is 49.5 Å². The predicted octanol–water partition coefficient (Wildman–Crippen LogP) is 3.89. The van der Waals surface area contributed by atoms with Gasteiger partial charge in [-0.3, -0.25) is 9.91 Å². The van der Waals surface area contributed by atoms with Crippen LogP contribution in [-0.2, 0) is 6.54 Å². The molecule has 1 aliphatic rings. The van der Waals surface area contributed by atoms with Crippen molar-refractivity contribution in [3.05, 3.63) is 64.7 Å². The Morgan fingerprint density at radius 1 is 1.00 bits per heavy atom. The van der Waals surface area contributed by atoms with Crippen LogP contribution >= 0.6 is 11.6 Å². The monoisotopic (exact) mass is 357 g/mol. The molecule has 0 N–H and O–H groups in total. The van der Waals surface area contributed by atoms with Crippen LogP contribution in [0, 0.1) is 0 Å². The Morgan fingerprint density at radius 2 is 1.68 bits per heavy atom. The van der Waals surface area contributed by atoms with Crippen LogP contribution in [0.2, 0.25) is 5.02 Å². The largest absolute Gasteiger partial charge is 0.494 e. The number of nitrogens with zero attached hydrogens (tertiary/aromatic N) is 3. The van der Waals surface area contributed by atoms with Crippen LogP contribution < -0.4 is 4.74 Å². The fourth-order valence-electron chi connectivity index (χ4n) is 2.82. The molecule has 2 aromatic rings. The molecule has 1 heterocycles. The highest BCUT2D eigenvalue weighted by Crippen LogP contribution is 2.14. The zero-order valence-corrected chi connectivity index (χ0v) is 15.3. The van der Waals surface area contributed by atoms with Crippen molar-refractivity contribution < 1.29 is 4.74 Å². The Balaban J connectivity index is 1.46. The fraction of sp³-hybridized carbons (Fsp3) is 0.350.